The van der Waals surface area contributed by atoms with Crippen molar-refractivity contribution in [2.24, 2.45) is 0 Å². The van der Waals surface area contributed by atoms with Crippen molar-refractivity contribution in [2.75, 3.05) is 7.11 Å². The first-order valence-electron chi connectivity index (χ1n) is 5.69. The fourth-order valence-electron chi connectivity index (χ4n) is 2.02. The summed E-state index contributed by atoms with van der Waals surface area (Å²) in [6, 6.07) is -0.346. The van der Waals surface area contributed by atoms with Crippen molar-refractivity contribution in [2.45, 2.75) is 50.6 Å². The van der Waals surface area contributed by atoms with Crippen LogP contribution < -0.4 is 5.32 Å². The van der Waals surface area contributed by atoms with Crippen molar-refractivity contribution in [1.29, 1.82) is 0 Å². The number of ether oxygens (including phenoxy) is 1. The number of carbonyl (C=O) groups excluding carboxylic acids is 1. The summed E-state index contributed by atoms with van der Waals surface area (Å²) in [5.41, 5.74) is 0. The quantitative estimate of drug-likeness (QED) is 0.662. The van der Waals surface area contributed by atoms with Crippen LogP contribution in [0, 0.1) is 0 Å². The first-order valence-corrected chi connectivity index (χ1v) is 5.69. The molecule has 0 spiro atoms. The Labute approximate surface area is 95.2 Å². The highest BCUT2D eigenvalue weighted by Gasteiger charge is 2.24. The van der Waals surface area contributed by atoms with Gasteiger partial charge in [0, 0.05) is 12.5 Å². The third kappa shape index (κ3) is 4.18. The number of rotatable bonds is 6. The molecule has 2 N–H and O–H groups in total. The number of methoxy groups -OCH3 is 1. The third-order valence-corrected chi connectivity index (χ3v) is 2.95. The SMILES string of the molecule is COC(=O)CCC(NC1CCCC1)C(=O)O. The molecule has 92 valence electrons. The fourth-order valence-corrected chi connectivity index (χ4v) is 2.02. The predicted octanol–water partition coefficient (Wildman–Crippen LogP) is 0.925. The number of nitrogens with one attached hydrogen (secondary N) is 1. The van der Waals surface area contributed by atoms with Gasteiger partial charge in [0.05, 0.1) is 7.11 Å². The summed E-state index contributed by atoms with van der Waals surface area (Å²) in [5, 5.41) is 12.1. The maximum absolute atomic E-state index is 11.0. The molecule has 0 bridgehead atoms. The number of carbonyl (C=O) groups is 2. The van der Waals surface area contributed by atoms with Crippen LogP contribution >= 0.6 is 0 Å². The molecular weight excluding hydrogens is 210 g/mol. The van der Waals surface area contributed by atoms with E-state index in [2.05, 4.69) is 10.1 Å². The molecule has 16 heavy (non-hydrogen) atoms. The van der Waals surface area contributed by atoms with Crippen molar-refractivity contribution >= 4 is 11.9 Å². The molecule has 1 aliphatic carbocycles. The van der Waals surface area contributed by atoms with Gasteiger partial charge in [-0.05, 0) is 19.3 Å². The summed E-state index contributed by atoms with van der Waals surface area (Å²) in [6.45, 7) is 0. The van der Waals surface area contributed by atoms with Crippen molar-refractivity contribution in [3.05, 3.63) is 0 Å². The van der Waals surface area contributed by atoms with E-state index >= 15 is 0 Å². The van der Waals surface area contributed by atoms with Crippen LogP contribution in [0.5, 0.6) is 0 Å². The van der Waals surface area contributed by atoms with Gasteiger partial charge in [0.25, 0.3) is 0 Å². The summed E-state index contributed by atoms with van der Waals surface area (Å²) in [4.78, 5) is 21.9. The summed E-state index contributed by atoms with van der Waals surface area (Å²) < 4.78 is 4.49. The molecule has 0 aliphatic heterocycles. The Morgan fingerprint density at radius 1 is 1.44 bits per heavy atom. The van der Waals surface area contributed by atoms with Crippen LogP contribution in [-0.4, -0.2) is 36.2 Å². The van der Waals surface area contributed by atoms with E-state index in [1.165, 1.54) is 7.11 Å². The number of carboxylic acids is 1. The molecule has 0 heterocycles. The standard InChI is InChI=1S/C11H19NO4/c1-16-10(13)7-6-9(11(14)15)12-8-4-2-3-5-8/h8-9,12H,2-7H2,1H3,(H,14,15). The molecule has 1 fully saturated rings. The zero-order chi connectivity index (χ0) is 12.0. The average Bonchev–Trinajstić information content (AvgIpc) is 2.75. The lowest BCUT2D eigenvalue weighted by molar-refractivity contribution is -0.142. The van der Waals surface area contributed by atoms with Gasteiger partial charge in [0.1, 0.15) is 6.04 Å². The first-order chi connectivity index (χ1) is 7.63. The molecule has 1 unspecified atom stereocenters. The van der Waals surface area contributed by atoms with Crippen molar-refractivity contribution < 1.29 is 19.4 Å². The largest absolute Gasteiger partial charge is 0.480 e. The monoisotopic (exact) mass is 229 g/mol. The topological polar surface area (TPSA) is 75.6 Å². The van der Waals surface area contributed by atoms with E-state index in [0.717, 1.165) is 25.7 Å². The Balaban J connectivity index is 2.34. The number of esters is 1. The Bertz CT molecular complexity index is 248. The summed E-state index contributed by atoms with van der Waals surface area (Å²) in [6.07, 6.45) is 4.80. The van der Waals surface area contributed by atoms with Gasteiger partial charge in [-0.25, -0.2) is 0 Å². The van der Waals surface area contributed by atoms with Gasteiger partial charge >= 0.3 is 11.9 Å². The minimum absolute atomic E-state index is 0.146. The molecule has 1 aliphatic rings. The van der Waals surface area contributed by atoms with Crippen LogP contribution in [0.1, 0.15) is 38.5 Å². The predicted molar refractivity (Wildman–Crippen MR) is 58.1 cm³/mol. The second-order valence-electron chi connectivity index (χ2n) is 4.15. The average molecular weight is 229 g/mol. The second kappa shape index (κ2) is 6.48. The van der Waals surface area contributed by atoms with Gasteiger partial charge in [-0.2, -0.15) is 0 Å². The van der Waals surface area contributed by atoms with Gasteiger partial charge < -0.3 is 15.2 Å². The zero-order valence-electron chi connectivity index (χ0n) is 9.57. The maximum Gasteiger partial charge on any atom is 0.320 e. The van der Waals surface area contributed by atoms with E-state index in [4.69, 9.17) is 5.11 Å². The molecule has 1 atom stereocenters. The van der Waals surface area contributed by atoms with Gasteiger partial charge in [-0.1, -0.05) is 12.8 Å². The van der Waals surface area contributed by atoms with E-state index in [1.54, 1.807) is 0 Å². The van der Waals surface area contributed by atoms with Crippen molar-refractivity contribution in [3.8, 4) is 0 Å². The number of hydrogen-bond donors (Lipinski definition) is 2. The van der Waals surface area contributed by atoms with E-state index in [1.807, 2.05) is 0 Å². The van der Waals surface area contributed by atoms with E-state index in [0.29, 0.717) is 12.5 Å². The third-order valence-electron chi connectivity index (χ3n) is 2.95. The molecule has 0 saturated heterocycles. The second-order valence-corrected chi connectivity index (χ2v) is 4.15. The Hall–Kier alpha value is -1.10. The molecule has 0 aromatic heterocycles. The van der Waals surface area contributed by atoms with Crippen LogP contribution in [0.25, 0.3) is 0 Å². The molecule has 5 nitrogen and oxygen atoms in total. The summed E-state index contributed by atoms with van der Waals surface area (Å²) in [5.74, 6) is -1.25. The fraction of sp³-hybridized carbons (Fsp3) is 0.818. The van der Waals surface area contributed by atoms with Crippen molar-refractivity contribution in [3.63, 3.8) is 0 Å². The lowest BCUT2D eigenvalue weighted by Crippen LogP contribution is -2.42. The van der Waals surface area contributed by atoms with Gasteiger partial charge in [0.15, 0.2) is 0 Å². The minimum Gasteiger partial charge on any atom is -0.480 e. The smallest absolute Gasteiger partial charge is 0.320 e. The molecule has 0 aromatic rings. The molecule has 1 rings (SSSR count). The molecule has 0 aromatic carbocycles. The van der Waals surface area contributed by atoms with Gasteiger partial charge in [-0.15, -0.1) is 0 Å². The number of carboxylic acid groups (broad SMARTS) is 1. The molecule has 0 radical (unpaired) electrons. The van der Waals surface area contributed by atoms with Crippen LogP contribution in [0.4, 0.5) is 0 Å². The van der Waals surface area contributed by atoms with Crippen LogP contribution in [0.3, 0.4) is 0 Å². The highest BCUT2D eigenvalue weighted by atomic mass is 16.5. The van der Waals surface area contributed by atoms with E-state index < -0.39 is 12.0 Å². The van der Waals surface area contributed by atoms with Crippen LogP contribution in [0.15, 0.2) is 0 Å². The molecular formula is C11H19NO4. The normalized spacial score (nSPS) is 18.3. The van der Waals surface area contributed by atoms with Gasteiger partial charge in [-0.3, -0.25) is 9.59 Å². The zero-order valence-corrected chi connectivity index (χ0v) is 9.57. The highest BCUT2D eigenvalue weighted by Crippen LogP contribution is 2.18. The lowest BCUT2D eigenvalue weighted by atomic mass is 10.1. The summed E-state index contributed by atoms with van der Waals surface area (Å²) in [7, 11) is 1.31. The van der Waals surface area contributed by atoms with E-state index in [-0.39, 0.29) is 12.4 Å². The highest BCUT2D eigenvalue weighted by molar-refractivity contribution is 5.75. The van der Waals surface area contributed by atoms with E-state index in [9.17, 15) is 9.59 Å². The Morgan fingerprint density at radius 3 is 2.56 bits per heavy atom. The molecule has 0 amide bonds. The number of aliphatic carboxylic acids is 1. The van der Waals surface area contributed by atoms with Crippen molar-refractivity contribution in [1.82, 2.24) is 5.32 Å². The van der Waals surface area contributed by atoms with Crippen LogP contribution in [-0.2, 0) is 14.3 Å². The Kier molecular flexibility index (Phi) is 5.25. The minimum atomic E-state index is -0.893. The first kappa shape index (κ1) is 13.0. The lowest BCUT2D eigenvalue weighted by Gasteiger charge is -2.18. The molecule has 5 heteroatoms. The maximum atomic E-state index is 11.0. The summed E-state index contributed by atoms with van der Waals surface area (Å²) >= 11 is 0. The Morgan fingerprint density at radius 2 is 2.06 bits per heavy atom. The molecule has 1 saturated carbocycles. The van der Waals surface area contributed by atoms with Gasteiger partial charge in [0.2, 0.25) is 0 Å². The number of hydrogen-bond acceptors (Lipinski definition) is 4. The van der Waals surface area contributed by atoms with Crippen LogP contribution in [0.2, 0.25) is 0 Å².